The van der Waals surface area contributed by atoms with Gasteiger partial charge in [-0.3, -0.25) is 0 Å². The second-order valence-electron chi connectivity index (χ2n) is 5.99. The van der Waals surface area contributed by atoms with Crippen LogP contribution in [0.25, 0.3) is 0 Å². The Morgan fingerprint density at radius 2 is 1.63 bits per heavy atom. The molecule has 0 spiro atoms. The Labute approximate surface area is 158 Å². The standard InChI is InChI=1S/C22H22FNO3/c1-25-20-9-7-19(8-10-20)24-14-16-6-11-21(22(13-16)26-2)27-15-17-4-3-5-18(23)12-17/h3-13,24H,14-15H2,1-2H3. The number of hydrogen-bond donors (Lipinski definition) is 1. The summed E-state index contributed by atoms with van der Waals surface area (Å²) in [5.41, 5.74) is 2.82. The Morgan fingerprint density at radius 1 is 0.815 bits per heavy atom. The summed E-state index contributed by atoms with van der Waals surface area (Å²) in [4.78, 5) is 0. The van der Waals surface area contributed by atoms with Crippen LogP contribution in [0.1, 0.15) is 11.1 Å². The molecule has 3 aromatic rings. The highest BCUT2D eigenvalue weighted by molar-refractivity contribution is 5.48. The SMILES string of the molecule is COc1ccc(NCc2ccc(OCc3cccc(F)c3)c(OC)c2)cc1. The van der Waals surface area contributed by atoms with Gasteiger partial charge in [0, 0.05) is 12.2 Å². The maximum Gasteiger partial charge on any atom is 0.161 e. The zero-order chi connectivity index (χ0) is 19.1. The van der Waals surface area contributed by atoms with Crippen molar-refractivity contribution >= 4 is 5.69 Å². The molecule has 0 aliphatic carbocycles. The highest BCUT2D eigenvalue weighted by atomic mass is 19.1. The molecular formula is C22H22FNO3. The second-order valence-corrected chi connectivity index (χ2v) is 5.99. The average Bonchev–Trinajstić information content (AvgIpc) is 2.71. The van der Waals surface area contributed by atoms with E-state index in [-0.39, 0.29) is 12.4 Å². The topological polar surface area (TPSA) is 39.7 Å². The third kappa shape index (κ3) is 5.14. The number of rotatable bonds is 8. The van der Waals surface area contributed by atoms with E-state index in [0.717, 1.165) is 22.6 Å². The van der Waals surface area contributed by atoms with E-state index < -0.39 is 0 Å². The lowest BCUT2D eigenvalue weighted by Gasteiger charge is -2.13. The van der Waals surface area contributed by atoms with Crippen LogP contribution in [0.3, 0.4) is 0 Å². The first-order chi connectivity index (χ1) is 13.2. The number of hydrogen-bond acceptors (Lipinski definition) is 4. The van der Waals surface area contributed by atoms with Gasteiger partial charge in [0.15, 0.2) is 11.5 Å². The smallest absolute Gasteiger partial charge is 0.161 e. The number of anilines is 1. The number of nitrogens with one attached hydrogen (secondary N) is 1. The third-order valence-electron chi connectivity index (χ3n) is 4.10. The average molecular weight is 367 g/mol. The molecule has 0 aliphatic rings. The normalized spacial score (nSPS) is 10.3. The van der Waals surface area contributed by atoms with E-state index in [1.165, 1.54) is 12.1 Å². The van der Waals surface area contributed by atoms with Gasteiger partial charge in [0.25, 0.3) is 0 Å². The minimum atomic E-state index is -0.275. The third-order valence-corrected chi connectivity index (χ3v) is 4.10. The lowest BCUT2D eigenvalue weighted by Crippen LogP contribution is -2.02. The first-order valence-electron chi connectivity index (χ1n) is 8.60. The number of methoxy groups -OCH3 is 2. The molecule has 5 heteroatoms. The molecule has 0 atom stereocenters. The van der Waals surface area contributed by atoms with Crippen molar-refractivity contribution in [2.75, 3.05) is 19.5 Å². The highest BCUT2D eigenvalue weighted by Gasteiger charge is 2.07. The van der Waals surface area contributed by atoms with Crippen LogP contribution in [-0.4, -0.2) is 14.2 Å². The van der Waals surface area contributed by atoms with Crippen molar-refractivity contribution in [3.05, 3.63) is 83.7 Å². The Kier molecular flexibility index (Phi) is 6.15. The lowest BCUT2D eigenvalue weighted by molar-refractivity contribution is 0.284. The predicted molar refractivity (Wildman–Crippen MR) is 104 cm³/mol. The van der Waals surface area contributed by atoms with Crippen LogP contribution >= 0.6 is 0 Å². The van der Waals surface area contributed by atoms with Crippen LogP contribution in [0.4, 0.5) is 10.1 Å². The summed E-state index contributed by atoms with van der Waals surface area (Å²) in [5, 5.41) is 3.35. The Morgan fingerprint density at radius 3 is 2.33 bits per heavy atom. The van der Waals surface area contributed by atoms with E-state index in [1.807, 2.05) is 48.5 Å². The molecule has 3 aromatic carbocycles. The maximum absolute atomic E-state index is 13.3. The van der Waals surface area contributed by atoms with E-state index in [2.05, 4.69) is 5.32 Å². The number of benzene rings is 3. The van der Waals surface area contributed by atoms with Crippen LogP contribution in [-0.2, 0) is 13.2 Å². The summed E-state index contributed by atoms with van der Waals surface area (Å²) in [6, 6.07) is 19.9. The molecule has 4 nitrogen and oxygen atoms in total. The Hall–Kier alpha value is -3.21. The van der Waals surface area contributed by atoms with Crippen LogP contribution in [0.15, 0.2) is 66.7 Å². The van der Waals surface area contributed by atoms with Crippen LogP contribution in [0.5, 0.6) is 17.2 Å². The number of ether oxygens (including phenoxy) is 3. The van der Waals surface area contributed by atoms with E-state index in [1.54, 1.807) is 20.3 Å². The molecule has 0 saturated carbocycles. The minimum absolute atomic E-state index is 0.275. The van der Waals surface area contributed by atoms with E-state index in [4.69, 9.17) is 14.2 Å². The van der Waals surface area contributed by atoms with Gasteiger partial charge < -0.3 is 19.5 Å². The first kappa shape index (κ1) is 18.6. The van der Waals surface area contributed by atoms with Gasteiger partial charge in [-0.2, -0.15) is 0 Å². The molecule has 0 aromatic heterocycles. The number of halogens is 1. The predicted octanol–water partition coefficient (Wildman–Crippen LogP) is 5.03. The molecule has 0 bridgehead atoms. The zero-order valence-electron chi connectivity index (χ0n) is 15.4. The molecule has 140 valence electrons. The molecule has 1 N–H and O–H groups in total. The van der Waals surface area contributed by atoms with Gasteiger partial charge in [-0.25, -0.2) is 4.39 Å². The van der Waals surface area contributed by atoms with E-state index in [0.29, 0.717) is 18.0 Å². The summed E-state index contributed by atoms with van der Waals surface area (Å²) in [5.74, 6) is 1.81. The minimum Gasteiger partial charge on any atom is -0.497 e. The Bertz CT molecular complexity index is 881. The maximum atomic E-state index is 13.3. The molecule has 0 aliphatic heterocycles. The van der Waals surface area contributed by atoms with Gasteiger partial charge in [0.2, 0.25) is 0 Å². The summed E-state index contributed by atoms with van der Waals surface area (Å²) in [6.45, 7) is 0.921. The monoisotopic (exact) mass is 367 g/mol. The fourth-order valence-electron chi connectivity index (χ4n) is 2.64. The molecule has 27 heavy (non-hydrogen) atoms. The quantitative estimate of drug-likeness (QED) is 0.606. The van der Waals surface area contributed by atoms with Crippen LogP contribution in [0.2, 0.25) is 0 Å². The molecule has 0 heterocycles. The second kappa shape index (κ2) is 8.94. The summed E-state index contributed by atoms with van der Waals surface area (Å²) in [6.07, 6.45) is 0. The van der Waals surface area contributed by atoms with Crippen LogP contribution in [0, 0.1) is 5.82 Å². The molecule has 0 amide bonds. The zero-order valence-corrected chi connectivity index (χ0v) is 15.4. The summed E-state index contributed by atoms with van der Waals surface area (Å²) >= 11 is 0. The van der Waals surface area contributed by atoms with Crippen LogP contribution < -0.4 is 19.5 Å². The first-order valence-corrected chi connectivity index (χ1v) is 8.60. The molecule has 0 unspecified atom stereocenters. The van der Waals surface area contributed by atoms with E-state index in [9.17, 15) is 4.39 Å². The van der Waals surface area contributed by atoms with Gasteiger partial charge in [-0.05, 0) is 59.7 Å². The Balaban J connectivity index is 1.62. The summed E-state index contributed by atoms with van der Waals surface area (Å²) in [7, 11) is 3.25. The molecule has 0 fully saturated rings. The van der Waals surface area contributed by atoms with Gasteiger partial charge in [0.1, 0.15) is 18.2 Å². The van der Waals surface area contributed by atoms with Gasteiger partial charge >= 0.3 is 0 Å². The highest BCUT2D eigenvalue weighted by Crippen LogP contribution is 2.29. The molecule has 0 saturated heterocycles. The molecular weight excluding hydrogens is 345 g/mol. The van der Waals surface area contributed by atoms with Crippen molar-refractivity contribution in [1.29, 1.82) is 0 Å². The largest absolute Gasteiger partial charge is 0.497 e. The van der Waals surface area contributed by atoms with Crippen molar-refractivity contribution in [2.45, 2.75) is 13.2 Å². The molecule has 3 rings (SSSR count). The van der Waals surface area contributed by atoms with Gasteiger partial charge in [0.05, 0.1) is 14.2 Å². The van der Waals surface area contributed by atoms with Crippen molar-refractivity contribution in [3.63, 3.8) is 0 Å². The van der Waals surface area contributed by atoms with Gasteiger partial charge in [-0.1, -0.05) is 18.2 Å². The van der Waals surface area contributed by atoms with Crippen molar-refractivity contribution in [3.8, 4) is 17.2 Å². The fraction of sp³-hybridized carbons (Fsp3) is 0.182. The van der Waals surface area contributed by atoms with Gasteiger partial charge in [-0.15, -0.1) is 0 Å². The summed E-state index contributed by atoms with van der Waals surface area (Å²) < 4.78 is 29.6. The van der Waals surface area contributed by atoms with Crippen molar-refractivity contribution in [1.82, 2.24) is 0 Å². The van der Waals surface area contributed by atoms with Crippen molar-refractivity contribution in [2.24, 2.45) is 0 Å². The fourth-order valence-corrected chi connectivity index (χ4v) is 2.64. The van der Waals surface area contributed by atoms with E-state index >= 15 is 0 Å². The lowest BCUT2D eigenvalue weighted by atomic mass is 10.2. The van der Waals surface area contributed by atoms with Crippen molar-refractivity contribution < 1.29 is 18.6 Å². The molecule has 0 radical (unpaired) electrons.